The lowest BCUT2D eigenvalue weighted by atomic mass is 10.1. The van der Waals surface area contributed by atoms with Gasteiger partial charge >= 0.3 is 0 Å². The van der Waals surface area contributed by atoms with E-state index in [9.17, 15) is 9.18 Å². The van der Waals surface area contributed by atoms with Gasteiger partial charge < -0.3 is 4.90 Å². The van der Waals surface area contributed by atoms with Gasteiger partial charge in [0.2, 0.25) is 0 Å². The second kappa shape index (κ2) is 6.68. The summed E-state index contributed by atoms with van der Waals surface area (Å²) in [7, 11) is 0. The maximum Gasteiger partial charge on any atom is 0.256 e. The largest absolute Gasteiger partial charge is 0.336 e. The first-order valence-corrected chi connectivity index (χ1v) is 7.64. The molecule has 19 heavy (non-hydrogen) atoms. The summed E-state index contributed by atoms with van der Waals surface area (Å²) >= 11 is 9.21. The third kappa shape index (κ3) is 3.68. The van der Waals surface area contributed by atoms with E-state index in [-0.39, 0.29) is 11.5 Å². The van der Waals surface area contributed by atoms with E-state index in [4.69, 9.17) is 11.6 Å². The maximum absolute atomic E-state index is 13.6. The number of alkyl halides is 1. The molecule has 0 bridgehead atoms. The average Bonchev–Trinajstić information content (AvgIpc) is 2.42. The summed E-state index contributed by atoms with van der Waals surface area (Å²) in [4.78, 5) is 16.2. The molecule has 2 rings (SSSR count). The summed E-state index contributed by atoms with van der Waals surface area (Å²) in [5.41, 5.74) is 0.0569. The van der Waals surface area contributed by atoms with Crippen molar-refractivity contribution in [3.05, 3.63) is 34.6 Å². The molecule has 0 unspecified atom stereocenters. The van der Waals surface area contributed by atoms with Crippen molar-refractivity contribution in [1.29, 1.82) is 0 Å². The number of halogens is 3. The Kier molecular flexibility index (Phi) is 5.19. The highest BCUT2D eigenvalue weighted by Crippen LogP contribution is 2.17. The Morgan fingerprint density at radius 2 is 2.00 bits per heavy atom. The maximum atomic E-state index is 13.6. The summed E-state index contributed by atoms with van der Waals surface area (Å²) in [6.45, 7) is 3.85. The van der Waals surface area contributed by atoms with Crippen molar-refractivity contribution in [2.24, 2.45) is 0 Å². The molecule has 1 heterocycles. The van der Waals surface area contributed by atoms with Crippen LogP contribution in [0.15, 0.2) is 18.2 Å². The predicted octanol–water partition coefficient (Wildman–Crippen LogP) is 2.63. The number of carbonyl (C=O) groups is 1. The number of carbonyl (C=O) groups excluding carboxylic acids is 1. The quantitative estimate of drug-likeness (QED) is 0.783. The lowest BCUT2D eigenvalue weighted by Gasteiger charge is -2.34. The van der Waals surface area contributed by atoms with E-state index in [0.717, 1.165) is 25.0 Å². The molecule has 0 atom stereocenters. The number of benzene rings is 1. The first kappa shape index (κ1) is 14.8. The highest BCUT2D eigenvalue weighted by atomic mass is 79.9. The molecular weight excluding hydrogens is 335 g/mol. The minimum atomic E-state index is -0.516. The van der Waals surface area contributed by atoms with Crippen LogP contribution in [0, 0.1) is 5.82 Å². The van der Waals surface area contributed by atoms with Crippen molar-refractivity contribution < 1.29 is 9.18 Å². The van der Waals surface area contributed by atoms with Gasteiger partial charge in [-0.15, -0.1) is 0 Å². The lowest BCUT2D eigenvalue weighted by molar-refractivity contribution is 0.0640. The van der Waals surface area contributed by atoms with Crippen molar-refractivity contribution in [1.82, 2.24) is 9.80 Å². The Morgan fingerprint density at radius 3 is 2.63 bits per heavy atom. The SMILES string of the molecule is O=C(c1cc(Cl)ccc1F)N1CCN(CCBr)CC1. The third-order valence-corrected chi connectivity index (χ3v) is 3.81. The standard InChI is InChI=1S/C13H15BrClFN2O/c14-3-4-17-5-7-18(8-6-17)13(19)11-9-10(15)1-2-12(11)16/h1-2,9H,3-8H2. The molecule has 1 amide bonds. The molecule has 0 aliphatic carbocycles. The van der Waals surface area contributed by atoms with E-state index < -0.39 is 5.82 Å². The Labute approximate surface area is 125 Å². The van der Waals surface area contributed by atoms with E-state index in [0.29, 0.717) is 18.1 Å². The molecule has 0 aromatic heterocycles. The first-order chi connectivity index (χ1) is 9.11. The molecule has 104 valence electrons. The van der Waals surface area contributed by atoms with Gasteiger partial charge in [-0.3, -0.25) is 9.69 Å². The van der Waals surface area contributed by atoms with Crippen LogP contribution in [0.4, 0.5) is 4.39 Å². The second-order valence-corrected chi connectivity index (χ2v) is 5.68. The molecule has 1 aromatic carbocycles. The van der Waals surface area contributed by atoms with Gasteiger partial charge in [-0.05, 0) is 18.2 Å². The molecule has 1 fully saturated rings. The number of hydrogen-bond acceptors (Lipinski definition) is 2. The zero-order valence-corrected chi connectivity index (χ0v) is 12.8. The van der Waals surface area contributed by atoms with Gasteiger partial charge in [-0.2, -0.15) is 0 Å². The van der Waals surface area contributed by atoms with Gasteiger partial charge in [0, 0.05) is 43.1 Å². The molecule has 0 N–H and O–H groups in total. The summed E-state index contributed by atoms with van der Waals surface area (Å²) in [6.07, 6.45) is 0. The normalized spacial score (nSPS) is 16.7. The molecule has 0 saturated carbocycles. The van der Waals surface area contributed by atoms with Gasteiger partial charge in [0.15, 0.2) is 0 Å². The molecule has 3 nitrogen and oxygen atoms in total. The van der Waals surface area contributed by atoms with Crippen molar-refractivity contribution in [3.8, 4) is 0 Å². The molecule has 0 radical (unpaired) electrons. The zero-order valence-electron chi connectivity index (χ0n) is 10.4. The smallest absolute Gasteiger partial charge is 0.256 e. The highest BCUT2D eigenvalue weighted by molar-refractivity contribution is 9.09. The van der Waals surface area contributed by atoms with Crippen LogP contribution in [0.5, 0.6) is 0 Å². The van der Waals surface area contributed by atoms with E-state index in [1.54, 1.807) is 4.90 Å². The fourth-order valence-corrected chi connectivity index (χ4v) is 2.80. The molecule has 1 aromatic rings. The minimum absolute atomic E-state index is 0.0569. The first-order valence-electron chi connectivity index (χ1n) is 6.14. The summed E-state index contributed by atoms with van der Waals surface area (Å²) in [5.74, 6) is -0.796. The van der Waals surface area contributed by atoms with Crippen LogP contribution in [0.25, 0.3) is 0 Å². The van der Waals surface area contributed by atoms with Crippen LogP contribution in [0.3, 0.4) is 0 Å². The topological polar surface area (TPSA) is 23.6 Å². The van der Waals surface area contributed by atoms with Crippen molar-refractivity contribution >= 4 is 33.4 Å². The summed E-state index contributed by atoms with van der Waals surface area (Å²) in [5, 5.41) is 1.30. The Bertz CT molecular complexity index is 464. The van der Waals surface area contributed by atoms with Gasteiger partial charge in [0.05, 0.1) is 5.56 Å². The van der Waals surface area contributed by atoms with Gasteiger partial charge in [0.1, 0.15) is 5.82 Å². The Hall–Kier alpha value is -0.650. The number of rotatable bonds is 3. The molecule has 1 aliphatic heterocycles. The molecule has 0 spiro atoms. The second-order valence-electron chi connectivity index (χ2n) is 4.45. The fraction of sp³-hybridized carbons (Fsp3) is 0.462. The van der Waals surface area contributed by atoms with Crippen LogP contribution >= 0.6 is 27.5 Å². The van der Waals surface area contributed by atoms with Crippen molar-refractivity contribution in [3.63, 3.8) is 0 Å². The lowest BCUT2D eigenvalue weighted by Crippen LogP contribution is -2.49. The molecular formula is C13H15BrClFN2O. The number of amides is 1. The monoisotopic (exact) mass is 348 g/mol. The zero-order chi connectivity index (χ0) is 13.8. The van der Waals surface area contributed by atoms with Gasteiger partial charge in [0.25, 0.3) is 5.91 Å². The Balaban J connectivity index is 2.03. The van der Waals surface area contributed by atoms with Crippen molar-refractivity contribution in [2.45, 2.75) is 0 Å². The molecule has 6 heteroatoms. The van der Waals surface area contributed by atoms with E-state index >= 15 is 0 Å². The molecule has 1 saturated heterocycles. The fourth-order valence-electron chi connectivity index (χ4n) is 2.13. The van der Waals surface area contributed by atoms with Crippen LogP contribution in [0.2, 0.25) is 5.02 Å². The van der Waals surface area contributed by atoms with Crippen LogP contribution in [0.1, 0.15) is 10.4 Å². The predicted molar refractivity (Wildman–Crippen MR) is 77.5 cm³/mol. The van der Waals surface area contributed by atoms with E-state index in [2.05, 4.69) is 20.8 Å². The van der Waals surface area contributed by atoms with Gasteiger partial charge in [-0.25, -0.2) is 4.39 Å². The number of piperazine rings is 1. The average molecular weight is 350 g/mol. The Morgan fingerprint density at radius 1 is 1.32 bits per heavy atom. The van der Waals surface area contributed by atoms with Crippen molar-refractivity contribution in [2.75, 3.05) is 38.1 Å². The van der Waals surface area contributed by atoms with Crippen LogP contribution < -0.4 is 0 Å². The van der Waals surface area contributed by atoms with Gasteiger partial charge in [-0.1, -0.05) is 27.5 Å². The molecule has 1 aliphatic rings. The van der Waals surface area contributed by atoms with E-state index in [1.807, 2.05) is 0 Å². The van der Waals surface area contributed by atoms with E-state index in [1.165, 1.54) is 18.2 Å². The number of hydrogen-bond donors (Lipinski definition) is 0. The van der Waals surface area contributed by atoms with Crippen LogP contribution in [-0.2, 0) is 0 Å². The minimum Gasteiger partial charge on any atom is -0.336 e. The summed E-state index contributed by atoms with van der Waals surface area (Å²) in [6, 6.07) is 4.07. The summed E-state index contributed by atoms with van der Waals surface area (Å²) < 4.78 is 13.6. The number of nitrogens with zero attached hydrogens (tertiary/aromatic N) is 2. The third-order valence-electron chi connectivity index (χ3n) is 3.22. The van der Waals surface area contributed by atoms with Crippen LogP contribution in [-0.4, -0.2) is 53.8 Å². The highest BCUT2D eigenvalue weighted by Gasteiger charge is 2.23.